The molecule has 1 aromatic carbocycles. The van der Waals surface area contributed by atoms with Crippen LogP contribution in [0.15, 0.2) is 35.3 Å². The van der Waals surface area contributed by atoms with Crippen molar-refractivity contribution in [3.63, 3.8) is 0 Å². The van der Waals surface area contributed by atoms with Gasteiger partial charge in [0.15, 0.2) is 0 Å². The van der Waals surface area contributed by atoms with E-state index in [1.807, 2.05) is 30.3 Å². The lowest BCUT2D eigenvalue weighted by Gasteiger charge is -2.01. The molecule has 0 saturated carbocycles. The maximum Gasteiger partial charge on any atom is 0.342 e. The van der Waals surface area contributed by atoms with Crippen LogP contribution in [0.2, 0.25) is 0 Å². The average Bonchev–Trinajstić information content (AvgIpc) is 3.05. The highest BCUT2D eigenvalue weighted by molar-refractivity contribution is 6.44. The van der Waals surface area contributed by atoms with Crippen LogP contribution in [0.1, 0.15) is 19.8 Å². The molecule has 4 rings (SSSR count). The number of aliphatic carboxylic acids is 1. The van der Waals surface area contributed by atoms with E-state index in [0.29, 0.717) is 10.9 Å². The van der Waals surface area contributed by atoms with Crippen molar-refractivity contribution in [2.24, 2.45) is 4.99 Å². The molecule has 2 aliphatic carbocycles. The van der Waals surface area contributed by atoms with E-state index >= 15 is 0 Å². The van der Waals surface area contributed by atoms with Crippen LogP contribution in [0.25, 0.3) is 16.3 Å². The minimum Gasteiger partial charge on any atom is -0.477 e. The van der Waals surface area contributed by atoms with Gasteiger partial charge in [-0.05, 0) is 17.7 Å². The van der Waals surface area contributed by atoms with Gasteiger partial charge in [-0.15, -0.1) is 0 Å². The number of rotatable bonds is 4. The lowest BCUT2D eigenvalue weighted by atomic mass is 10.1. The summed E-state index contributed by atoms with van der Waals surface area (Å²) in [5, 5.41) is 17.2. The minimum absolute atomic E-state index is 0.182. The molecule has 1 heterocycles. The molecule has 0 aromatic heterocycles. The summed E-state index contributed by atoms with van der Waals surface area (Å²) in [5.74, 6) is -1.75. The number of hydrogen-bond donors (Lipinski definition) is 2. The maximum atomic E-state index is 12.0. The van der Waals surface area contributed by atoms with Gasteiger partial charge in [-0.3, -0.25) is 9.79 Å². The molecule has 0 spiro atoms. The van der Waals surface area contributed by atoms with E-state index in [-0.39, 0.29) is 5.57 Å². The van der Waals surface area contributed by atoms with Crippen molar-refractivity contribution in [3.05, 3.63) is 51.3 Å². The van der Waals surface area contributed by atoms with Gasteiger partial charge in [-0.2, -0.15) is 0 Å². The van der Waals surface area contributed by atoms with Gasteiger partial charge < -0.3 is 10.4 Å². The minimum atomic E-state index is -1.20. The van der Waals surface area contributed by atoms with E-state index in [4.69, 9.17) is 0 Å². The highest BCUT2D eigenvalue weighted by Gasteiger charge is 2.29. The Kier molecular flexibility index (Phi) is 3.23. The second-order valence-corrected chi connectivity index (χ2v) is 5.98. The molecule has 0 bridgehead atoms. The van der Waals surface area contributed by atoms with E-state index in [1.54, 1.807) is 0 Å². The fourth-order valence-electron chi connectivity index (χ4n) is 3.46. The Morgan fingerprint density at radius 1 is 1.17 bits per heavy atom. The standard InChI is InChI=1S/C19H16N2O3/c1-2-3-9-20-13-8-7-11-14-10(13)5-4-6-12(14)17-15(11)16(19(23)24)18(22)21-17/h4-8H,2-3,9H2,1H3,(H,21,22)(H,23,24). The van der Waals surface area contributed by atoms with Gasteiger partial charge >= 0.3 is 5.97 Å². The van der Waals surface area contributed by atoms with Gasteiger partial charge in [0.2, 0.25) is 0 Å². The number of carboxylic acid groups (broad SMARTS) is 1. The number of fused-ring (bicyclic) bond motifs is 3. The molecule has 0 saturated heterocycles. The second kappa shape index (κ2) is 5.30. The first kappa shape index (κ1) is 14.6. The smallest absolute Gasteiger partial charge is 0.342 e. The van der Waals surface area contributed by atoms with Crippen LogP contribution in [0.4, 0.5) is 5.69 Å². The molecule has 3 aliphatic rings. The second-order valence-electron chi connectivity index (χ2n) is 5.98. The molecule has 1 aliphatic heterocycles. The van der Waals surface area contributed by atoms with Crippen LogP contribution in [-0.2, 0) is 9.59 Å². The zero-order valence-corrected chi connectivity index (χ0v) is 13.2. The summed E-state index contributed by atoms with van der Waals surface area (Å²) in [6.07, 6.45) is 2.12. The summed E-state index contributed by atoms with van der Waals surface area (Å²) in [6, 6.07) is 9.62. The first-order chi connectivity index (χ1) is 11.6. The SMILES string of the molecule is CCCCN=c1ccc2c3c(c4cccc1c4=2)NC(=O)C=3C(=O)O. The lowest BCUT2D eigenvalue weighted by Crippen LogP contribution is -2.17. The Morgan fingerprint density at radius 2 is 1.96 bits per heavy atom. The van der Waals surface area contributed by atoms with E-state index in [1.165, 1.54) is 0 Å². The van der Waals surface area contributed by atoms with Gasteiger partial charge in [-0.1, -0.05) is 37.6 Å². The van der Waals surface area contributed by atoms with E-state index in [9.17, 15) is 14.7 Å². The van der Waals surface area contributed by atoms with Gasteiger partial charge in [0.05, 0.1) is 11.0 Å². The van der Waals surface area contributed by atoms with Crippen molar-refractivity contribution in [1.82, 2.24) is 0 Å². The zero-order chi connectivity index (χ0) is 16.8. The van der Waals surface area contributed by atoms with Gasteiger partial charge in [-0.25, -0.2) is 4.79 Å². The first-order valence-corrected chi connectivity index (χ1v) is 8.03. The van der Waals surface area contributed by atoms with Crippen molar-refractivity contribution in [2.75, 3.05) is 11.9 Å². The number of nitrogens with zero attached hydrogens (tertiary/aromatic N) is 1. The van der Waals surface area contributed by atoms with Crippen molar-refractivity contribution in [1.29, 1.82) is 0 Å². The quantitative estimate of drug-likeness (QED) is 0.717. The predicted octanol–water partition coefficient (Wildman–Crippen LogP) is 1.61. The number of unbranched alkanes of at least 4 members (excludes halogenated alkanes) is 1. The normalized spacial score (nSPS) is 14.6. The van der Waals surface area contributed by atoms with Crippen molar-refractivity contribution < 1.29 is 14.7 Å². The first-order valence-electron chi connectivity index (χ1n) is 8.03. The third-order valence-corrected chi connectivity index (χ3v) is 4.53. The van der Waals surface area contributed by atoms with Crippen molar-refractivity contribution in [3.8, 4) is 0 Å². The molecule has 0 radical (unpaired) electrons. The van der Waals surface area contributed by atoms with Gasteiger partial charge in [0.1, 0.15) is 5.57 Å². The van der Waals surface area contributed by atoms with Crippen LogP contribution in [-0.4, -0.2) is 23.5 Å². The molecule has 0 unspecified atom stereocenters. The highest BCUT2D eigenvalue weighted by Crippen LogP contribution is 2.25. The molecule has 5 heteroatoms. The van der Waals surface area contributed by atoms with Crippen LogP contribution >= 0.6 is 0 Å². The molecular formula is C19H16N2O3. The average molecular weight is 320 g/mol. The van der Waals surface area contributed by atoms with Crippen molar-refractivity contribution in [2.45, 2.75) is 19.8 Å². The van der Waals surface area contributed by atoms with E-state index < -0.39 is 11.9 Å². The monoisotopic (exact) mass is 320 g/mol. The lowest BCUT2D eigenvalue weighted by molar-refractivity contribution is -0.131. The topological polar surface area (TPSA) is 78.8 Å². The van der Waals surface area contributed by atoms with Crippen LogP contribution < -0.4 is 15.9 Å². The fraction of sp³-hybridized carbons (Fsp3) is 0.211. The van der Waals surface area contributed by atoms with Crippen LogP contribution in [0.5, 0.6) is 0 Å². The number of carbonyl (C=O) groups is 2. The molecule has 0 atom stereocenters. The molecule has 1 aromatic rings. The molecule has 0 fully saturated rings. The van der Waals surface area contributed by atoms with E-state index in [0.717, 1.165) is 46.0 Å². The predicted molar refractivity (Wildman–Crippen MR) is 90.7 cm³/mol. The van der Waals surface area contributed by atoms with Crippen molar-refractivity contribution >= 4 is 33.9 Å². The number of amides is 1. The summed E-state index contributed by atoms with van der Waals surface area (Å²) in [5.41, 5.74) is 0.418. The molecule has 5 nitrogen and oxygen atoms in total. The third kappa shape index (κ3) is 1.91. The van der Waals surface area contributed by atoms with E-state index in [2.05, 4.69) is 17.2 Å². The number of hydrogen-bond acceptors (Lipinski definition) is 3. The molecule has 1 amide bonds. The number of anilines is 1. The largest absolute Gasteiger partial charge is 0.477 e. The molecule has 2 N–H and O–H groups in total. The molecule has 120 valence electrons. The Balaban J connectivity index is 2.18. The Hall–Kier alpha value is -2.95. The Bertz CT molecular complexity index is 1160. The zero-order valence-electron chi connectivity index (χ0n) is 13.2. The van der Waals surface area contributed by atoms with Gasteiger partial charge in [0, 0.05) is 27.8 Å². The molecular weight excluding hydrogens is 304 g/mol. The fourth-order valence-corrected chi connectivity index (χ4v) is 3.46. The Labute approximate surface area is 137 Å². The summed E-state index contributed by atoms with van der Waals surface area (Å²) in [6.45, 7) is 2.90. The summed E-state index contributed by atoms with van der Waals surface area (Å²) in [7, 11) is 0. The number of carboxylic acids is 1. The van der Waals surface area contributed by atoms with Crippen LogP contribution in [0, 0.1) is 10.4 Å². The third-order valence-electron chi connectivity index (χ3n) is 4.53. The Morgan fingerprint density at radius 3 is 2.71 bits per heavy atom. The summed E-state index contributed by atoms with van der Waals surface area (Å²) in [4.78, 5) is 28.2. The summed E-state index contributed by atoms with van der Waals surface area (Å²) >= 11 is 0. The summed E-state index contributed by atoms with van der Waals surface area (Å²) < 4.78 is 0. The number of nitrogens with one attached hydrogen (secondary N) is 1. The number of carbonyl (C=O) groups excluding carboxylic acids is 1. The number of benzene rings is 1. The molecule has 24 heavy (non-hydrogen) atoms. The van der Waals surface area contributed by atoms with Crippen LogP contribution in [0.3, 0.4) is 0 Å². The maximum absolute atomic E-state index is 12.0. The van der Waals surface area contributed by atoms with Gasteiger partial charge in [0.25, 0.3) is 5.91 Å². The highest BCUT2D eigenvalue weighted by atomic mass is 16.4.